The molecule has 1 aliphatic heterocycles. The van der Waals surface area contributed by atoms with Crippen LogP contribution >= 0.6 is 7.72 Å². The van der Waals surface area contributed by atoms with E-state index in [-0.39, 0.29) is 24.0 Å². The number of hydrogen-bond acceptors (Lipinski definition) is 4. The van der Waals surface area contributed by atoms with Crippen LogP contribution in [-0.4, -0.2) is 27.8 Å². The zero-order chi connectivity index (χ0) is 13.4. The lowest BCUT2D eigenvalue weighted by Crippen LogP contribution is -2.46. The van der Waals surface area contributed by atoms with Gasteiger partial charge in [-0.25, -0.2) is 9.79 Å². The fourth-order valence-corrected chi connectivity index (χ4v) is 4.78. The zero-order valence-corrected chi connectivity index (χ0v) is 12.5. The third-order valence-corrected chi connectivity index (χ3v) is 5.92. The van der Waals surface area contributed by atoms with Gasteiger partial charge in [0, 0.05) is 17.8 Å². The normalized spacial score (nSPS) is 33.7. The van der Waals surface area contributed by atoms with Gasteiger partial charge in [0.05, 0.1) is 0 Å². The quantitative estimate of drug-likeness (QED) is 0.770. The molecular formula is C12H26O4P+. The summed E-state index contributed by atoms with van der Waals surface area (Å²) >= 11 is 0. The molecule has 0 bridgehead atoms. The van der Waals surface area contributed by atoms with Crippen molar-refractivity contribution < 1.29 is 19.3 Å². The Morgan fingerprint density at radius 3 is 1.35 bits per heavy atom. The van der Waals surface area contributed by atoms with Gasteiger partial charge in [0.15, 0.2) is 6.29 Å². The van der Waals surface area contributed by atoms with Crippen LogP contribution in [0.15, 0.2) is 0 Å². The van der Waals surface area contributed by atoms with E-state index in [4.69, 9.17) is 9.47 Å². The number of rotatable bonds is 3. The molecule has 0 aliphatic carbocycles. The minimum absolute atomic E-state index is 0.0738. The lowest BCUT2D eigenvalue weighted by molar-refractivity contribution is -0.223. The Bertz CT molecular complexity index is 233. The summed E-state index contributed by atoms with van der Waals surface area (Å²) < 4.78 is 11.5. The van der Waals surface area contributed by atoms with Crippen molar-refractivity contribution in [3.05, 3.63) is 0 Å². The highest BCUT2D eigenvalue weighted by molar-refractivity contribution is 7.65. The molecule has 1 heterocycles. The van der Waals surface area contributed by atoms with Crippen molar-refractivity contribution >= 4 is 7.72 Å². The van der Waals surface area contributed by atoms with Crippen molar-refractivity contribution in [3.63, 3.8) is 0 Å². The van der Waals surface area contributed by atoms with Crippen LogP contribution in [0.25, 0.3) is 0 Å². The maximum Gasteiger partial charge on any atom is 0.327 e. The molecular weight excluding hydrogens is 239 g/mol. The molecule has 1 aliphatic rings. The van der Waals surface area contributed by atoms with Gasteiger partial charge in [-0.05, 0) is 0 Å². The molecule has 4 nitrogen and oxygen atoms in total. The SMILES string of the molecule is CC(C)C1O[C@H](C(C)C)[P+](O)(O)[C@H](C(C)C)O1. The van der Waals surface area contributed by atoms with E-state index in [1.807, 2.05) is 41.5 Å². The molecule has 1 unspecified atom stereocenters. The largest absolute Gasteiger partial charge is 0.327 e. The average Bonchev–Trinajstić information content (AvgIpc) is 2.14. The summed E-state index contributed by atoms with van der Waals surface area (Å²) in [7, 11) is -3.19. The molecule has 0 spiro atoms. The number of ether oxygens (including phenoxy) is 2. The van der Waals surface area contributed by atoms with Crippen molar-refractivity contribution in [1.29, 1.82) is 0 Å². The minimum atomic E-state index is -3.19. The summed E-state index contributed by atoms with van der Waals surface area (Å²) in [6, 6.07) is 0. The fraction of sp³-hybridized carbons (Fsp3) is 1.00. The third kappa shape index (κ3) is 3.18. The molecule has 17 heavy (non-hydrogen) atoms. The van der Waals surface area contributed by atoms with E-state index in [1.54, 1.807) is 0 Å². The van der Waals surface area contributed by atoms with E-state index in [0.29, 0.717) is 0 Å². The second kappa shape index (κ2) is 5.50. The second-order valence-corrected chi connectivity index (χ2v) is 8.27. The van der Waals surface area contributed by atoms with Gasteiger partial charge in [0.1, 0.15) is 0 Å². The molecule has 102 valence electrons. The maximum absolute atomic E-state index is 10.4. The molecule has 0 amide bonds. The van der Waals surface area contributed by atoms with Gasteiger partial charge in [-0.15, -0.1) is 0 Å². The molecule has 0 radical (unpaired) electrons. The summed E-state index contributed by atoms with van der Waals surface area (Å²) in [4.78, 5) is 20.7. The van der Waals surface area contributed by atoms with Gasteiger partial charge < -0.3 is 9.47 Å². The van der Waals surface area contributed by atoms with Gasteiger partial charge in [-0.2, -0.15) is 0 Å². The molecule has 2 N–H and O–H groups in total. The molecule has 3 atom stereocenters. The van der Waals surface area contributed by atoms with E-state index in [9.17, 15) is 9.79 Å². The van der Waals surface area contributed by atoms with Gasteiger partial charge in [-0.1, -0.05) is 41.5 Å². The van der Waals surface area contributed by atoms with Crippen molar-refractivity contribution in [3.8, 4) is 0 Å². The van der Waals surface area contributed by atoms with Crippen molar-refractivity contribution in [2.45, 2.75) is 59.5 Å². The topological polar surface area (TPSA) is 58.9 Å². The Hall–Kier alpha value is 0.270. The predicted molar refractivity (Wildman–Crippen MR) is 69.4 cm³/mol. The van der Waals surface area contributed by atoms with Crippen LogP contribution in [0.2, 0.25) is 0 Å². The van der Waals surface area contributed by atoms with E-state index in [0.717, 1.165) is 0 Å². The Labute approximate surface area is 105 Å². The van der Waals surface area contributed by atoms with Gasteiger partial charge >= 0.3 is 7.72 Å². The summed E-state index contributed by atoms with van der Waals surface area (Å²) in [5, 5.41) is 0. The molecule has 0 saturated carbocycles. The predicted octanol–water partition coefficient (Wildman–Crippen LogP) is 2.81. The fourth-order valence-electron chi connectivity index (χ4n) is 2.14. The van der Waals surface area contributed by atoms with E-state index in [2.05, 4.69) is 0 Å². The summed E-state index contributed by atoms with van der Waals surface area (Å²) in [6.45, 7) is 11.8. The van der Waals surface area contributed by atoms with E-state index in [1.165, 1.54) is 0 Å². The number of hydrogen-bond donors (Lipinski definition) is 2. The van der Waals surface area contributed by atoms with Crippen LogP contribution in [-0.2, 0) is 9.47 Å². The molecule has 0 aromatic heterocycles. The Morgan fingerprint density at radius 1 is 0.765 bits per heavy atom. The van der Waals surface area contributed by atoms with Crippen molar-refractivity contribution in [2.75, 3.05) is 0 Å². The Kier molecular flexibility index (Phi) is 4.96. The Morgan fingerprint density at radius 2 is 1.12 bits per heavy atom. The minimum Gasteiger partial charge on any atom is -0.309 e. The average molecular weight is 265 g/mol. The van der Waals surface area contributed by atoms with Crippen LogP contribution in [0.4, 0.5) is 0 Å². The highest BCUT2D eigenvalue weighted by Gasteiger charge is 2.61. The van der Waals surface area contributed by atoms with Crippen molar-refractivity contribution in [1.82, 2.24) is 0 Å². The van der Waals surface area contributed by atoms with Crippen LogP contribution in [0, 0.1) is 17.8 Å². The molecule has 1 saturated heterocycles. The first-order valence-corrected chi connectivity index (χ1v) is 8.16. The third-order valence-electron chi connectivity index (χ3n) is 2.98. The smallest absolute Gasteiger partial charge is 0.309 e. The first-order valence-electron chi connectivity index (χ1n) is 6.32. The summed E-state index contributed by atoms with van der Waals surface area (Å²) in [5.41, 5.74) is 0. The van der Waals surface area contributed by atoms with Crippen LogP contribution in [0.3, 0.4) is 0 Å². The summed E-state index contributed by atoms with van der Waals surface area (Å²) in [5.74, 6) is -0.653. The summed E-state index contributed by atoms with van der Waals surface area (Å²) in [6.07, 6.45) is -0.345. The molecule has 1 rings (SSSR count). The van der Waals surface area contributed by atoms with E-state index < -0.39 is 19.4 Å². The van der Waals surface area contributed by atoms with Gasteiger partial charge in [-0.3, -0.25) is 0 Å². The van der Waals surface area contributed by atoms with Crippen LogP contribution < -0.4 is 0 Å². The zero-order valence-electron chi connectivity index (χ0n) is 11.6. The van der Waals surface area contributed by atoms with Crippen molar-refractivity contribution in [2.24, 2.45) is 17.8 Å². The molecule has 0 aromatic carbocycles. The van der Waals surface area contributed by atoms with Crippen LogP contribution in [0.1, 0.15) is 41.5 Å². The first-order chi connectivity index (χ1) is 7.67. The maximum atomic E-state index is 10.4. The standard InChI is InChI=1S/C12H26O4P/c1-7(2)10-15-11(8(3)4)17(13,14)12(16-10)9(5)6/h7-14H,1-6H3/q+1/t10?,11-,12+. The van der Waals surface area contributed by atoms with Crippen LogP contribution in [0.5, 0.6) is 0 Å². The molecule has 0 aromatic rings. The molecule has 5 heteroatoms. The lowest BCUT2D eigenvalue weighted by atomic mass is 10.2. The first kappa shape index (κ1) is 15.3. The lowest BCUT2D eigenvalue weighted by Gasteiger charge is -2.41. The monoisotopic (exact) mass is 265 g/mol. The Balaban J connectivity index is 2.97. The van der Waals surface area contributed by atoms with Gasteiger partial charge in [0.25, 0.3) is 0 Å². The second-order valence-electron chi connectivity index (χ2n) is 5.85. The highest BCUT2D eigenvalue weighted by Crippen LogP contribution is 2.66. The highest BCUT2D eigenvalue weighted by atomic mass is 31.2. The van der Waals surface area contributed by atoms with Gasteiger partial charge in [0.2, 0.25) is 11.7 Å². The molecule has 1 fully saturated rings. The van der Waals surface area contributed by atoms with E-state index >= 15 is 0 Å².